The summed E-state index contributed by atoms with van der Waals surface area (Å²) in [7, 11) is 1.41. The number of carbonyl (C=O) groups is 5. The van der Waals surface area contributed by atoms with Crippen LogP contribution in [0.4, 0.5) is 16.2 Å². The minimum atomic E-state index is -0.801. The third kappa shape index (κ3) is 6.14. The lowest BCUT2D eigenvalue weighted by atomic mass is 10.1. The number of amides is 5. The number of ether oxygens (including phenoxy) is 1. The number of anilines is 2. The van der Waals surface area contributed by atoms with Crippen LogP contribution in [0, 0.1) is 0 Å². The number of likely N-dealkylation sites (N-methyl/N-ethyl adjacent to an activating group) is 1. The van der Waals surface area contributed by atoms with E-state index < -0.39 is 29.9 Å². The fourth-order valence-corrected chi connectivity index (χ4v) is 5.31. The predicted molar refractivity (Wildman–Crippen MR) is 142 cm³/mol. The molecule has 2 aromatic rings. The van der Waals surface area contributed by atoms with Gasteiger partial charge in [0.05, 0.1) is 35.4 Å². The highest BCUT2D eigenvalue weighted by atomic mass is 35.5. The summed E-state index contributed by atoms with van der Waals surface area (Å²) in [6.07, 6.45) is 0.922. The molecule has 5 amide bonds. The average molecular weight is 562 g/mol. The molecule has 3 heterocycles. The highest BCUT2D eigenvalue weighted by molar-refractivity contribution is 7.18. The maximum absolute atomic E-state index is 13.2. The number of hydrogen-bond donors (Lipinski definition) is 1. The van der Waals surface area contributed by atoms with Crippen LogP contribution in [0.15, 0.2) is 36.4 Å². The second-order valence-corrected chi connectivity index (χ2v) is 10.7. The number of hydrogen-bond acceptors (Lipinski definition) is 8. The van der Waals surface area contributed by atoms with Gasteiger partial charge in [0.15, 0.2) is 0 Å². The van der Waals surface area contributed by atoms with Gasteiger partial charge in [-0.05, 0) is 49.2 Å². The van der Waals surface area contributed by atoms with E-state index in [2.05, 4.69) is 0 Å². The Morgan fingerprint density at radius 1 is 1.05 bits per heavy atom. The van der Waals surface area contributed by atoms with Crippen molar-refractivity contribution in [2.24, 2.45) is 5.73 Å². The van der Waals surface area contributed by atoms with Crippen LogP contribution in [0.25, 0.3) is 0 Å². The molecule has 0 bridgehead atoms. The van der Waals surface area contributed by atoms with Gasteiger partial charge in [-0.15, -0.1) is 11.3 Å². The Morgan fingerprint density at radius 2 is 1.74 bits per heavy atom. The maximum atomic E-state index is 13.2. The molecule has 38 heavy (non-hydrogen) atoms. The summed E-state index contributed by atoms with van der Waals surface area (Å²) in [4.78, 5) is 68.5. The van der Waals surface area contributed by atoms with E-state index in [4.69, 9.17) is 22.1 Å². The van der Waals surface area contributed by atoms with Crippen molar-refractivity contribution in [2.45, 2.75) is 25.4 Å². The monoisotopic (exact) mass is 561 g/mol. The van der Waals surface area contributed by atoms with Crippen LogP contribution in [0.3, 0.4) is 0 Å². The van der Waals surface area contributed by atoms with Gasteiger partial charge in [0.25, 0.3) is 5.91 Å². The van der Waals surface area contributed by atoms with E-state index in [1.807, 2.05) is 0 Å². The number of piperidine rings is 1. The van der Waals surface area contributed by atoms with E-state index in [0.29, 0.717) is 23.0 Å². The minimum absolute atomic E-state index is 0.0740. The Morgan fingerprint density at radius 3 is 2.34 bits per heavy atom. The molecule has 13 heteroatoms. The molecule has 2 N–H and O–H groups in total. The first-order valence-electron chi connectivity index (χ1n) is 12.1. The lowest BCUT2D eigenvalue weighted by molar-refractivity contribution is -0.137. The Kier molecular flexibility index (Phi) is 8.65. The molecule has 202 valence electrons. The van der Waals surface area contributed by atoms with Crippen LogP contribution < -0.4 is 15.5 Å². The first-order valence-corrected chi connectivity index (χ1v) is 13.3. The van der Waals surface area contributed by atoms with Crippen LogP contribution in [0.1, 0.15) is 28.9 Å². The summed E-state index contributed by atoms with van der Waals surface area (Å²) in [6.45, 7) is -0.105. The summed E-state index contributed by atoms with van der Waals surface area (Å²) < 4.78 is 5.87. The second kappa shape index (κ2) is 11.9. The third-order valence-corrected chi connectivity index (χ3v) is 7.58. The average Bonchev–Trinajstić information content (AvgIpc) is 3.51. The van der Waals surface area contributed by atoms with Crippen LogP contribution in [0.5, 0.6) is 0 Å². The van der Waals surface area contributed by atoms with Gasteiger partial charge in [-0.25, -0.2) is 4.79 Å². The van der Waals surface area contributed by atoms with Crippen molar-refractivity contribution in [3.8, 4) is 0 Å². The fourth-order valence-electron chi connectivity index (χ4n) is 4.32. The highest BCUT2D eigenvalue weighted by Crippen LogP contribution is 2.28. The van der Waals surface area contributed by atoms with Crippen LogP contribution in [-0.2, 0) is 19.1 Å². The SMILES string of the molecule is CN(CC(=O)N(C[C@H]1CN(c2ccc(N3CCCCC3=O)cc2)C(=O)O1)C(=O)c1ccc(Cl)s1)C(=O)CN. The van der Waals surface area contributed by atoms with Crippen LogP contribution >= 0.6 is 22.9 Å². The van der Waals surface area contributed by atoms with Crippen molar-refractivity contribution in [2.75, 3.05) is 49.6 Å². The van der Waals surface area contributed by atoms with E-state index in [9.17, 15) is 24.0 Å². The summed E-state index contributed by atoms with van der Waals surface area (Å²) in [6, 6.07) is 10.1. The van der Waals surface area contributed by atoms with Gasteiger partial charge in [0, 0.05) is 31.4 Å². The second-order valence-electron chi connectivity index (χ2n) is 9.00. The molecule has 2 aliphatic heterocycles. The van der Waals surface area contributed by atoms with Gasteiger partial charge < -0.3 is 20.3 Å². The standard InChI is InChI=1S/C25H28ClN5O6S/c1-28(22(33)12-27)15-23(34)31(24(35)19-9-10-20(26)38-19)14-18-13-30(25(36)37-18)17-7-5-16(6-8-17)29-11-3-2-4-21(29)32/h5-10,18H,2-4,11-15,27H2,1H3/t18-/m1/s1. The zero-order chi connectivity index (χ0) is 27.4. The minimum Gasteiger partial charge on any atom is -0.442 e. The summed E-state index contributed by atoms with van der Waals surface area (Å²) in [5, 5.41) is 0. The first kappa shape index (κ1) is 27.6. The number of thiophene rings is 1. The Balaban J connectivity index is 1.47. The molecular formula is C25H28ClN5O6S. The molecule has 0 radical (unpaired) electrons. The number of halogens is 1. The van der Waals surface area contributed by atoms with Gasteiger partial charge in [0.2, 0.25) is 17.7 Å². The van der Waals surface area contributed by atoms with Crippen molar-refractivity contribution < 1.29 is 28.7 Å². The highest BCUT2D eigenvalue weighted by Gasteiger charge is 2.37. The van der Waals surface area contributed by atoms with Crippen molar-refractivity contribution in [3.63, 3.8) is 0 Å². The van der Waals surface area contributed by atoms with E-state index in [-0.39, 0.29) is 37.0 Å². The van der Waals surface area contributed by atoms with E-state index >= 15 is 0 Å². The van der Waals surface area contributed by atoms with Gasteiger partial charge in [-0.2, -0.15) is 0 Å². The smallest absolute Gasteiger partial charge is 0.414 e. The third-order valence-electron chi connectivity index (χ3n) is 6.36. The number of imide groups is 1. The quantitative estimate of drug-likeness (QED) is 0.523. The summed E-state index contributed by atoms with van der Waals surface area (Å²) in [5.41, 5.74) is 6.70. The molecule has 0 saturated carbocycles. The Labute approximate surface area is 228 Å². The summed E-state index contributed by atoms with van der Waals surface area (Å²) in [5.74, 6) is -1.64. The molecule has 2 fully saturated rings. The van der Waals surface area contributed by atoms with E-state index in [1.54, 1.807) is 35.2 Å². The van der Waals surface area contributed by atoms with Gasteiger partial charge in [-0.1, -0.05) is 11.6 Å². The number of rotatable bonds is 8. The number of cyclic esters (lactones) is 1. The van der Waals surface area contributed by atoms with Crippen molar-refractivity contribution in [1.82, 2.24) is 9.80 Å². The van der Waals surface area contributed by atoms with Crippen molar-refractivity contribution >= 4 is 64.0 Å². The van der Waals surface area contributed by atoms with Crippen LogP contribution in [0.2, 0.25) is 4.34 Å². The van der Waals surface area contributed by atoms with Gasteiger partial charge in [-0.3, -0.25) is 29.0 Å². The zero-order valence-electron chi connectivity index (χ0n) is 20.8. The molecule has 11 nitrogen and oxygen atoms in total. The maximum Gasteiger partial charge on any atom is 0.414 e. The Hall–Kier alpha value is -3.48. The molecule has 4 rings (SSSR count). The molecule has 1 aromatic heterocycles. The zero-order valence-corrected chi connectivity index (χ0v) is 22.4. The number of nitrogens with zero attached hydrogens (tertiary/aromatic N) is 4. The normalized spacial score (nSPS) is 17.4. The lowest BCUT2D eigenvalue weighted by Gasteiger charge is -2.27. The number of nitrogens with two attached hydrogens (primary N) is 1. The van der Waals surface area contributed by atoms with Crippen LogP contribution in [-0.4, -0.2) is 85.4 Å². The molecule has 0 spiro atoms. The van der Waals surface area contributed by atoms with E-state index in [0.717, 1.165) is 39.7 Å². The molecular weight excluding hydrogens is 534 g/mol. The van der Waals surface area contributed by atoms with E-state index in [1.165, 1.54) is 18.0 Å². The summed E-state index contributed by atoms with van der Waals surface area (Å²) >= 11 is 6.99. The fraction of sp³-hybridized carbons (Fsp3) is 0.400. The number of carbonyl (C=O) groups excluding carboxylic acids is 5. The van der Waals surface area contributed by atoms with Gasteiger partial charge in [0.1, 0.15) is 6.10 Å². The first-order chi connectivity index (χ1) is 18.2. The molecule has 0 unspecified atom stereocenters. The molecule has 0 aliphatic carbocycles. The van der Waals surface area contributed by atoms with Crippen molar-refractivity contribution in [1.29, 1.82) is 0 Å². The predicted octanol–water partition coefficient (Wildman–Crippen LogP) is 2.33. The number of benzene rings is 1. The molecule has 2 saturated heterocycles. The molecule has 1 aromatic carbocycles. The Bertz CT molecular complexity index is 1240. The molecule has 2 aliphatic rings. The van der Waals surface area contributed by atoms with Crippen molar-refractivity contribution in [3.05, 3.63) is 45.6 Å². The molecule has 1 atom stereocenters. The topological polar surface area (TPSA) is 134 Å². The largest absolute Gasteiger partial charge is 0.442 e. The van der Waals surface area contributed by atoms with Gasteiger partial charge >= 0.3 is 6.09 Å². The lowest BCUT2D eigenvalue weighted by Crippen LogP contribution is -2.48.